The van der Waals surface area contributed by atoms with Crippen molar-refractivity contribution in [2.45, 2.75) is 12.5 Å². The third kappa shape index (κ3) is 4.69. The number of rotatable bonds is 7. The summed E-state index contributed by atoms with van der Waals surface area (Å²) in [5.41, 5.74) is 0.401. The highest BCUT2D eigenvalue weighted by Gasteiger charge is 2.22. The van der Waals surface area contributed by atoms with E-state index < -0.39 is 22.8 Å². The molecule has 0 bridgehead atoms. The third-order valence-electron chi connectivity index (χ3n) is 4.63. The van der Waals surface area contributed by atoms with Gasteiger partial charge in [-0.3, -0.25) is 14.9 Å². The second-order valence-corrected chi connectivity index (χ2v) is 6.61. The van der Waals surface area contributed by atoms with Crippen LogP contribution < -0.4 is 5.32 Å². The molecular formula is C21H20N4O5. The third-order valence-corrected chi connectivity index (χ3v) is 4.63. The lowest BCUT2D eigenvalue weighted by Gasteiger charge is -2.19. The number of nitrogens with one attached hydrogen (secondary N) is 1. The minimum atomic E-state index is -0.764. The second kappa shape index (κ2) is 8.99. The number of non-ortho nitro benzene ring substituents is 1. The molecule has 0 aliphatic rings. The van der Waals surface area contributed by atoms with Crippen LogP contribution in [-0.4, -0.2) is 33.5 Å². The van der Waals surface area contributed by atoms with Gasteiger partial charge in [-0.25, -0.2) is 9.78 Å². The van der Waals surface area contributed by atoms with Gasteiger partial charge in [-0.15, -0.1) is 0 Å². The van der Waals surface area contributed by atoms with Gasteiger partial charge >= 0.3 is 5.97 Å². The highest BCUT2D eigenvalue weighted by molar-refractivity contribution is 5.99. The number of benzene rings is 2. The lowest BCUT2D eigenvalue weighted by atomic mass is 10.0. The van der Waals surface area contributed by atoms with Crippen LogP contribution in [0.1, 0.15) is 38.1 Å². The van der Waals surface area contributed by atoms with Gasteiger partial charge in [0, 0.05) is 43.6 Å². The number of aromatic nitrogens is 2. The predicted octanol–water partition coefficient (Wildman–Crippen LogP) is 2.83. The second-order valence-electron chi connectivity index (χ2n) is 6.61. The Kier molecular flexibility index (Phi) is 6.21. The monoisotopic (exact) mass is 408 g/mol. The molecule has 1 aromatic heterocycles. The number of nitro benzene ring substituents is 1. The fourth-order valence-corrected chi connectivity index (χ4v) is 3.04. The Morgan fingerprint density at radius 1 is 1.20 bits per heavy atom. The molecular weight excluding hydrogens is 388 g/mol. The summed E-state index contributed by atoms with van der Waals surface area (Å²) in [7, 11) is 3.02. The number of carbonyl (C=O) groups is 2. The maximum atomic E-state index is 13.0. The van der Waals surface area contributed by atoms with Crippen molar-refractivity contribution in [3.63, 3.8) is 0 Å². The molecule has 1 amide bonds. The molecule has 1 N–H and O–H groups in total. The number of hydrogen-bond acceptors (Lipinski definition) is 6. The van der Waals surface area contributed by atoms with E-state index in [1.165, 1.54) is 13.2 Å². The Morgan fingerprint density at radius 2 is 1.90 bits per heavy atom. The minimum Gasteiger partial charge on any atom is -0.465 e. The van der Waals surface area contributed by atoms with E-state index >= 15 is 0 Å². The van der Waals surface area contributed by atoms with Crippen molar-refractivity contribution >= 4 is 17.6 Å². The van der Waals surface area contributed by atoms with Gasteiger partial charge in [0.2, 0.25) is 0 Å². The quantitative estimate of drug-likeness (QED) is 0.365. The number of carbonyl (C=O) groups excluding carboxylic acids is 2. The van der Waals surface area contributed by atoms with Crippen LogP contribution >= 0.6 is 0 Å². The van der Waals surface area contributed by atoms with Crippen LogP contribution in [0.15, 0.2) is 60.9 Å². The SMILES string of the molecule is COC(=O)c1cc(C(=O)NC(Cc2nccn2C)c2ccccc2)cc([N+](=O)[O-])c1. The molecule has 3 rings (SSSR count). The standard InChI is InChI=1S/C21H20N4O5/c1-24-9-8-22-19(24)13-18(14-6-4-3-5-7-14)23-20(26)15-10-16(21(27)30-2)12-17(11-15)25(28)29/h3-12,18H,13H2,1-2H3,(H,23,26). The van der Waals surface area contributed by atoms with Crippen molar-refractivity contribution in [2.75, 3.05) is 7.11 Å². The molecule has 0 saturated heterocycles. The lowest BCUT2D eigenvalue weighted by Crippen LogP contribution is -2.31. The predicted molar refractivity (Wildman–Crippen MR) is 108 cm³/mol. The molecule has 9 heteroatoms. The molecule has 30 heavy (non-hydrogen) atoms. The van der Waals surface area contributed by atoms with Gasteiger partial charge in [-0.2, -0.15) is 0 Å². The van der Waals surface area contributed by atoms with Crippen molar-refractivity contribution in [1.82, 2.24) is 14.9 Å². The van der Waals surface area contributed by atoms with Gasteiger partial charge in [-0.05, 0) is 11.6 Å². The van der Waals surface area contributed by atoms with Crippen LogP contribution in [0.5, 0.6) is 0 Å². The van der Waals surface area contributed by atoms with Gasteiger partial charge < -0.3 is 14.6 Å². The summed E-state index contributed by atoms with van der Waals surface area (Å²) in [5.74, 6) is -0.550. The van der Waals surface area contributed by atoms with E-state index in [0.29, 0.717) is 6.42 Å². The summed E-state index contributed by atoms with van der Waals surface area (Å²) >= 11 is 0. The smallest absolute Gasteiger partial charge is 0.338 e. The Hall–Kier alpha value is -4.01. The normalized spacial score (nSPS) is 11.5. The van der Waals surface area contributed by atoms with Gasteiger partial charge in [0.05, 0.1) is 23.6 Å². The number of nitrogens with zero attached hydrogens (tertiary/aromatic N) is 3. The average Bonchev–Trinajstić information content (AvgIpc) is 3.17. The van der Waals surface area contributed by atoms with E-state index in [2.05, 4.69) is 15.0 Å². The molecule has 1 atom stereocenters. The molecule has 154 valence electrons. The highest BCUT2D eigenvalue weighted by Crippen LogP contribution is 2.21. The van der Waals surface area contributed by atoms with Crippen molar-refractivity contribution < 1.29 is 19.2 Å². The number of imidazole rings is 1. The van der Waals surface area contributed by atoms with Crippen LogP contribution in [0.25, 0.3) is 0 Å². The number of esters is 1. The van der Waals surface area contributed by atoms with Gasteiger partial charge in [0.25, 0.3) is 11.6 Å². The first-order valence-electron chi connectivity index (χ1n) is 9.09. The number of methoxy groups -OCH3 is 1. The van der Waals surface area contributed by atoms with Crippen molar-refractivity contribution in [1.29, 1.82) is 0 Å². The fraction of sp³-hybridized carbons (Fsp3) is 0.190. The van der Waals surface area contributed by atoms with Crippen molar-refractivity contribution in [3.05, 3.63) is 93.6 Å². The summed E-state index contributed by atoms with van der Waals surface area (Å²) in [6.45, 7) is 0. The number of ether oxygens (including phenoxy) is 1. The van der Waals surface area contributed by atoms with E-state index in [1.807, 2.05) is 48.1 Å². The topological polar surface area (TPSA) is 116 Å². The molecule has 1 unspecified atom stereocenters. The van der Waals surface area contributed by atoms with Crippen molar-refractivity contribution in [3.8, 4) is 0 Å². The molecule has 2 aromatic carbocycles. The number of hydrogen-bond donors (Lipinski definition) is 1. The Bertz CT molecular complexity index is 1080. The van der Waals surface area contributed by atoms with E-state index in [0.717, 1.165) is 23.5 Å². The maximum Gasteiger partial charge on any atom is 0.338 e. The zero-order valence-electron chi connectivity index (χ0n) is 16.4. The minimum absolute atomic E-state index is 0.00892. The van der Waals surface area contributed by atoms with E-state index in [1.54, 1.807) is 6.20 Å². The van der Waals surface area contributed by atoms with Crippen molar-refractivity contribution in [2.24, 2.45) is 7.05 Å². The molecule has 0 radical (unpaired) electrons. The molecule has 0 saturated carbocycles. The van der Waals surface area contributed by atoms with Crippen LogP contribution in [0.2, 0.25) is 0 Å². The van der Waals surface area contributed by atoms with Crippen LogP contribution in [-0.2, 0) is 18.2 Å². The number of amides is 1. The molecule has 3 aromatic rings. The fourth-order valence-electron chi connectivity index (χ4n) is 3.04. The maximum absolute atomic E-state index is 13.0. The molecule has 0 spiro atoms. The van der Waals surface area contributed by atoms with Crippen LogP contribution in [0.4, 0.5) is 5.69 Å². The summed E-state index contributed by atoms with van der Waals surface area (Å²) < 4.78 is 6.49. The first-order chi connectivity index (χ1) is 14.4. The summed E-state index contributed by atoms with van der Waals surface area (Å²) in [6, 6.07) is 12.4. The molecule has 0 aliphatic carbocycles. The first-order valence-corrected chi connectivity index (χ1v) is 9.09. The number of nitro groups is 1. The molecule has 0 aliphatic heterocycles. The Morgan fingerprint density at radius 3 is 2.50 bits per heavy atom. The van der Waals surface area contributed by atoms with Gasteiger partial charge in [-0.1, -0.05) is 30.3 Å². The number of aryl methyl sites for hydroxylation is 1. The van der Waals surface area contributed by atoms with Gasteiger partial charge in [0.15, 0.2) is 0 Å². The van der Waals surface area contributed by atoms with E-state index in [4.69, 9.17) is 0 Å². The first kappa shape index (κ1) is 20.7. The van der Waals surface area contributed by atoms with Gasteiger partial charge in [0.1, 0.15) is 5.82 Å². The van der Waals surface area contributed by atoms with E-state index in [9.17, 15) is 19.7 Å². The lowest BCUT2D eigenvalue weighted by molar-refractivity contribution is -0.384. The Labute approximate surface area is 172 Å². The summed E-state index contributed by atoms with van der Waals surface area (Å²) in [5, 5.41) is 14.1. The molecule has 0 fully saturated rings. The zero-order valence-corrected chi connectivity index (χ0v) is 16.4. The summed E-state index contributed by atoms with van der Waals surface area (Å²) in [6.07, 6.45) is 3.89. The molecule has 1 heterocycles. The van der Waals surface area contributed by atoms with E-state index in [-0.39, 0.29) is 16.8 Å². The Balaban J connectivity index is 1.93. The highest BCUT2D eigenvalue weighted by atomic mass is 16.6. The van der Waals surface area contributed by atoms with Crippen LogP contribution in [0, 0.1) is 10.1 Å². The largest absolute Gasteiger partial charge is 0.465 e. The zero-order chi connectivity index (χ0) is 21.7. The van der Waals surface area contributed by atoms with Crippen LogP contribution in [0.3, 0.4) is 0 Å². The summed E-state index contributed by atoms with van der Waals surface area (Å²) in [4.78, 5) is 39.7. The average molecular weight is 408 g/mol. The molecule has 9 nitrogen and oxygen atoms in total.